The SMILES string of the molecule is Cc1ccccc1-n1c(C)c(-c2ccccc2)[n+](C2CCCC2)c1C. The molecule has 0 N–H and O–H groups in total. The van der Waals surface area contributed by atoms with Gasteiger partial charge in [-0.05, 0) is 44.2 Å². The number of hydrogen-bond donors (Lipinski definition) is 0. The number of nitrogens with zero attached hydrogens (tertiary/aromatic N) is 2. The monoisotopic (exact) mass is 331 g/mol. The van der Waals surface area contributed by atoms with Crippen LogP contribution in [0, 0.1) is 20.8 Å². The van der Waals surface area contributed by atoms with Crippen LogP contribution in [0.15, 0.2) is 54.6 Å². The van der Waals surface area contributed by atoms with Crippen LogP contribution >= 0.6 is 0 Å². The van der Waals surface area contributed by atoms with Gasteiger partial charge >= 0.3 is 0 Å². The Morgan fingerprint density at radius 1 is 0.840 bits per heavy atom. The predicted octanol–water partition coefficient (Wildman–Crippen LogP) is 5.47. The molecule has 25 heavy (non-hydrogen) atoms. The van der Waals surface area contributed by atoms with Crippen molar-refractivity contribution in [2.45, 2.75) is 52.5 Å². The predicted molar refractivity (Wildman–Crippen MR) is 103 cm³/mol. The summed E-state index contributed by atoms with van der Waals surface area (Å²) in [6.07, 6.45) is 5.28. The van der Waals surface area contributed by atoms with Gasteiger partial charge in [0.2, 0.25) is 0 Å². The normalized spacial score (nSPS) is 15.0. The Hall–Kier alpha value is -2.35. The average Bonchev–Trinajstić information content (AvgIpc) is 3.23. The van der Waals surface area contributed by atoms with Crippen LogP contribution in [0.25, 0.3) is 16.9 Å². The Labute approximate surface area is 150 Å². The molecule has 0 radical (unpaired) electrons. The van der Waals surface area contributed by atoms with Gasteiger partial charge in [-0.1, -0.05) is 48.5 Å². The van der Waals surface area contributed by atoms with Crippen LogP contribution in [0.1, 0.15) is 48.8 Å². The first-order chi connectivity index (χ1) is 12.2. The molecule has 1 heterocycles. The van der Waals surface area contributed by atoms with Gasteiger partial charge in [0, 0.05) is 19.4 Å². The molecule has 0 saturated heterocycles. The summed E-state index contributed by atoms with van der Waals surface area (Å²) in [4.78, 5) is 0. The Bertz CT molecular complexity index is 884. The minimum Gasteiger partial charge on any atom is -0.224 e. The van der Waals surface area contributed by atoms with Gasteiger partial charge in [-0.3, -0.25) is 0 Å². The van der Waals surface area contributed by atoms with Crippen LogP contribution in [-0.4, -0.2) is 4.57 Å². The van der Waals surface area contributed by atoms with Gasteiger partial charge in [-0.2, -0.15) is 4.57 Å². The van der Waals surface area contributed by atoms with E-state index in [1.54, 1.807) is 0 Å². The maximum Gasteiger partial charge on any atom is 0.259 e. The van der Waals surface area contributed by atoms with E-state index in [0.29, 0.717) is 6.04 Å². The molecule has 0 spiro atoms. The molecule has 1 saturated carbocycles. The maximum absolute atomic E-state index is 2.62. The van der Waals surface area contributed by atoms with Crippen molar-refractivity contribution in [3.8, 4) is 16.9 Å². The zero-order valence-electron chi connectivity index (χ0n) is 15.5. The molecule has 0 aliphatic heterocycles. The molecule has 128 valence electrons. The van der Waals surface area contributed by atoms with E-state index in [-0.39, 0.29) is 0 Å². The minimum absolute atomic E-state index is 0.624. The fraction of sp³-hybridized carbons (Fsp3) is 0.348. The van der Waals surface area contributed by atoms with Crippen molar-refractivity contribution >= 4 is 0 Å². The summed E-state index contributed by atoms with van der Waals surface area (Å²) < 4.78 is 5.07. The lowest BCUT2D eigenvalue weighted by Crippen LogP contribution is -2.42. The molecule has 2 nitrogen and oxygen atoms in total. The molecule has 0 unspecified atom stereocenters. The van der Waals surface area contributed by atoms with Crippen molar-refractivity contribution in [3.63, 3.8) is 0 Å². The smallest absolute Gasteiger partial charge is 0.224 e. The van der Waals surface area contributed by atoms with Gasteiger partial charge in [0.1, 0.15) is 11.7 Å². The highest BCUT2D eigenvalue weighted by Gasteiger charge is 2.33. The van der Waals surface area contributed by atoms with Crippen LogP contribution in [0.2, 0.25) is 0 Å². The van der Waals surface area contributed by atoms with Crippen LogP contribution in [0.4, 0.5) is 0 Å². The number of hydrogen-bond acceptors (Lipinski definition) is 0. The maximum atomic E-state index is 2.62. The zero-order chi connectivity index (χ0) is 17.4. The second-order valence-corrected chi connectivity index (χ2v) is 7.28. The Kier molecular flexibility index (Phi) is 4.20. The molecule has 2 aromatic carbocycles. The Morgan fingerprint density at radius 3 is 2.16 bits per heavy atom. The molecular formula is C23H27N2+. The summed E-state index contributed by atoms with van der Waals surface area (Å²) in [5, 5.41) is 0. The third-order valence-corrected chi connectivity index (χ3v) is 5.68. The Morgan fingerprint density at radius 2 is 1.48 bits per heavy atom. The molecule has 0 atom stereocenters. The van der Waals surface area contributed by atoms with Crippen LogP contribution < -0.4 is 4.57 Å². The molecule has 1 aromatic heterocycles. The number of imidazole rings is 1. The lowest BCUT2D eigenvalue weighted by Gasteiger charge is -2.11. The molecular weight excluding hydrogens is 304 g/mol. The molecule has 2 heteroatoms. The van der Waals surface area contributed by atoms with Crippen molar-refractivity contribution in [3.05, 3.63) is 71.7 Å². The van der Waals surface area contributed by atoms with Gasteiger partial charge in [0.25, 0.3) is 5.82 Å². The lowest BCUT2D eigenvalue weighted by atomic mass is 10.1. The summed E-state index contributed by atoms with van der Waals surface area (Å²) in [5.74, 6) is 1.34. The van der Waals surface area contributed by atoms with Crippen molar-refractivity contribution in [1.29, 1.82) is 0 Å². The van der Waals surface area contributed by atoms with Crippen molar-refractivity contribution < 1.29 is 4.57 Å². The number of para-hydroxylation sites is 1. The van der Waals surface area contributed by atoms with Crippen molar-refractivity contribution in [2.75, 3.05) is 0 Å². The Balaban J connectivity index is 2.00. The van der Waals surface area contributed by atoms with Crippen LogP contribution in [-0.2, 0) is 0 Å². The van der Waals surface area contributed by atoms with Gasteiger partial charge in [-0.15, -0.1) is 0 Å². The molecule has 1 aliphatic carbocycles. The summed E-state index contributed by atoms with van der Waals surface area (Å²) in [6, 6.07) is 20.2. The topological polar surface area (TPSA) is 8.81 Å². The van der Waals surface area contributed by atoms with E-state index in [2.05, 4.69) is 84.5 Å². The third-order valence-electron chi connectivity index (χ3n) is 5.68. The highest BCUT2D eigenvalue weighted by atomic mass is 15.2. The first-order valence-corrected chi connectivity index (χ1v) is 9.43. The summed E-state index contributed by atoms with van der Waals surface area (Å²) in [7, 11) is 0. The summed E-state index contributed by atoms with van der Waals surface area (Å²) in [5.41, 5.74) is 6.66. The van der Waals surface area contributed by atoms with E-state index >= 15 is 0 Å². The average molecular weight is 331 g/mol. The quantitative estimate of drug-likeness (QED) is 0.563. The second kappa shape index (κ2) is 6.51. The van der Waals surface area contributed by atoms with Gasteiger partial charge in [0.05, 0.1) is 0 Å². The van der Waals surface area contributed by atoms with Crippen molar-refractivity contribution in [1.82, 2.24) is 4.57 Å². The fourth-order valence-corrected chi connectivity index (χ4v) is 4.52. The molecule has 0 amide bonds. The molecule has 4 rings (SSSR count). The van der Waals surface area contributed by atoms with Crippen LogP contribution in [0.5, 0.6) is 0 Å². The fourth-order valence-electron chi connectivity index (χ4n) is 4.52. The van der Waals surface area contributed by atoms with E-state index in [1.807, 2.05) is 0 Å². The molecule has 0 bridgehead atoms. The standard InChI is InChI=1S/C23H27N2/c1-17-11-7-10-16-22(17)24-18(2)23(20-12-5-4-6-13-20)25(19(24)3)21-14-8-9-15-21/h4-7,10-13,16,21H,8-9,14-15H2,1-3H3/q+1. The van der Waals surface area contributed by atoms with Crippen LogP contribution in [0.3, 0.4) is 0 Å². The van der Waals surface area contributed by atoms with E-state index in [4.69, 9.17) is 0 Å². The summed E-state index contributed by atoms with van der Waals surface area (Å²) in [6.45, 7) is 6.76. The second-order valence-electron chi connectivity index (χ2n) is 7.28. The van der Waals surface area contributed by atoms with E-state index < -0.39 is 0 Å². The van der Waals surface area contributed by atoms with Gasteiger partial charge in [0.15, 0.2) is 11.4 Å². The van der Waals surface area contributed by atoms with Crippen molar-refractivity contribution in [2.24, 2.45) is 0 Å². The molecule has 1 aliphatic rings. The minimum atomic E-state index is 0.624. The lowest BCUT2D eigenvalue weighted by molar-refractivity contribution is -0.716. The highest BCUT2D eigenvalue weighted by Crippen LogP contribution is 2.32. The highest BCUT2D eigenvalue weighted by molar-refractivity contribution is 5.60. The van der Waals surface area contributed by atoms with E-state index in [1.165, 1.54) is 59.7 Å². The van der Waals surface area contributed by atoms with Gasteiger partial charge < -0.3 is 0 Å². The zero-order valence-corrected chi connectivity index (χ0v) is 15.5. The first kappa shape index (κ1) is 16.1. The van der Waals surface area contributed by atoms with E-state index in [9.17, 15) is 0 Å². The number of rotatable bonds is 3. The summed E-state index contributed by atoms with van der Waals surface area (Å²) >= 11 is 0. The first-order valence-electron chi connectivity index (χ1n) is 9.43. The number of aromatic nitrogens is 2. The molecule has 3 aromatic rings. The van der Waals surface area contributed by atoms with Gasteiger partial charge in [-0.25, -0.2) is 4.57 Å². The molecule has 1 fully saturated rings. The largest absolute Gasteiger partial charge is 0.259 e. The number of benzene rings is 2. The number of aryl methyl sites for hydroxylation is 1. The van der Waals surface area contributed by atoms with E-state index in [0.717, 1.165) is 0 Å². The third kappa shape index (κ3) is 2.70.